The van der Waals surface area contributed by atoms with E-state index in [0.29, 0.717) is 10.2 Å². The summed E-state index contributed by atoms with van der Waals surface area (Å²) in [7, 11) is 0. The van der Waals surface area contributed by atoms with Crippen LogP contribution < -0.4 is 10.6 Å². The van der Waals surface area contributed by atoms with Crippen molar-refractivity contribution < 1.29 is 19.2 Å². The maximum absolute atomic E-state index is 11.8. The number of aryl methyl sites for hydroxylation is 1. The van der Waals surface area contributed by atoms with Gasteiger partial charge in [-0.05, 0) is 40.5 Å². The van der Waals surface area contributed by atoms with Gasteiger partial charge in [0.25, 0.3) is 5.24 Å². The van der Waals surface area contributed by atoms with Gasteiger partial charge in [-0.3, -0.25) is 24.1 Å². The first kappa shape index (κ1) is 17.5. The van der Waals surface area contributed by atoms with Gasteiger partial charge in [-0.1, -0.05) is 17.8 Å². The largest absolute Gasteiger partial charge is 0.346 e. The van der Waals surface area contributed by atoms with Crippen molar-refractivity contribution in [1.29, 1.82) is 0 Å². The molecule has 1 aromatic carbocycles. The minimum absolute atomic E-state index is 0.0271. The fraction of sp³-hybridized carbons (Fsp3) is 0.286. The van der Waals surface area contributed by atoms with Crippen LogP contribution in [-0.4, -0.2) is 46.7 Å². The Bertz CT molecular complexity index is 664. The molecule has 4 amide bonds. The number of nitrogens with zero attached hydrogens (tertiary/aromatic N) is 1. The van der Waals surface area contributed by atoms with Crippen LogP contribution in [0.1, 0.15) is 5.56 Å². The van der Waals surface area contributed by atoms with Crippen molar-refractivity contribution in [3.8, 4) is 0 Å². The second-order valence-electron chi connectivity index (χ2n) is 4.79. The molecule has 0 unspecified atom stereocenters. The minimum Gasteiger partial charge on any atom is -0.346 e. The molecule has 0 atom stereocenters. The van der Waals surface area contributed by atoms with Crippen molar-refractivity contribution in [1.82, 2.24) is 10.2 Å². The van der Waals surface area contributed by atoms with Crippen molar-refractivity contribution >= 4 is 56.3 Å². The lowest BCUT2D eigenvalue weighted by Gasteiger charge is -2.13. The van der Waals surface area contributed by atoms with Gasteiger partial charge in [-0.15, -0.1) is 0 Å². The normalized spacial score (nSPS) is 14.1. The molecule has 1 fully saturated rings. The molecule has 0 aliphatic carbocycles. The van der Waals surface area contributed by atoms with Crippen molar-refractivity contribution in [2.24, 2.45) is 0 Å². The van der Waals surface area contributed by atoms with Crippen LogP contribution in [0.15, 0.2) is 22.7 Å². The third kappa shape index (κ3) is 4.55. The Morgan fingerprint density at radius 3 is 2.65 bits per heavy atom. The van der Waals surface area contributed by atoms with E-state index in [2.05, 4.69) is 26.6 Å². The molecule has 1 heterocycles. The van der Waals surface area contributed by atoms with E-state index in [4.69, 9.17) is 0 Å². The van der Waals surface area contributed by atoms with Gasteiger partial charge in [-0.25, -0.2) is 0 Å². The maximum Gasteiger partial charge on any atom is 0.313 e. The number of rotatable bonds is 4. The average molecular weight is 400 g/mol. The van der Waals surface area contributed by atoms with Gasteiger partial charge in [0.05, 0.1) is 11.4 Å². The molecule has 0 spiro atoms. The zero-order chi connectivity index (χ0) is 17.0. The van der Waals surface area contributed by atoms with Crippen LogP contribution in [0.3, 0.4) is 0 Å². The smallest absolute Gasteiger partial charge is 0.313 e. The van der Waals surface area contributed by atoms with E-state index < -0.39 is 11.8 Å². The Morgan fingerprint density at radius 2 is 2.04 bits per heavy atom. The average Bonchev–Trinajstić information content (AvgIpc) is 2.81. The summed E-state index contributed by atoms with van der Waals surface area (Å²) in [6, 6.07) is 5.31. The Hall–Kier alpha value is -1.87. The second-order valence-corrected chi connectivity index (χ2v) is 6.57. The molecule has 7 nitrogen and oxygen atoms in total. The van der Waals surface area contributed by atoms with Crippen molar-refractivity contribution in [3.05, 3.63) is 28.2 Å². The van der Waals surface area contributed by atoms with Gasteiger partial charge in [-0.2, -0.15) is 0 Å². The standard InChI is InChI=1S/C14H14BrN3O4S/c1-8-2-3-10(9(15)6-8)17-13(21)12(20)16-4-5-18-11(19)7-23-14(18)22/h2-3,6H,4-5,7H2,1H3,(H,16,20)(H,17,21). The molecule has 0 aromatic heterocycles. The van der Waals surface area contributed by atoms with Gasteiger partial charge in [0.1, 0.15) is 0 Å². The number of benzene rings is 1. The van der Waals surface area contributed by atoms with E-state index >= 15 is 0 Å². The first-order valence-electron chi connectivity index (χ1n) is 6.71. The molecule has 2 rings (SSSR count). The predicted molar refractivity (Wildman–Crippen MR) is 90.1 cm³/mol. The number of nitrogens with one attached hydrogen (secondary N) is 2. The summed E-state index contributed by atoms with van der Waals surface area (Å²) in [5.41, 5.74) is 1.49. The molecule has 0 bridgehead atoms. The van der Waals surface area contributed by atoms with E-state index in [1.54, 1.807) is 12.1 Å². The number of amides is 4. The summed E-state index contributed by atoms with van der Waals surface area (Å²) in [6.45, 7) is 1.99. The molecule has 9 heteroatoms. The second kappa shape index (κ2) is 7.60. The van der Waals surface area contributed by atoms with Crippen LogP contribution >= 0.6 is 27.7 Å². The third-order valence-corrected chi connectivity index (χ3v) is 4.56. The SMILES string of the molecule is Cc1ccc(NC(=O)C(=O)NCCN2C(=O)CSC2=O)c(Br)c1. The van der Waals surface area contributed by atoms with Crippen LogP contribution in [0.2, 0.25) is 0 Å². The number of carbonyl (C=O) groups is 4. The number of thioether (sulfide) groups is 1. The molecule has 0 saturated carbocycles. The van der Waals surface area contributed by atoms with Crippen LogP contribution in [-0.2, 0) is 14.4 Å². The van der Waals surface area contributed by atoms with Crippen LogP contribution in [0.4, 0.5) is 10.5 Å². The number of halogens is 1. The van der Waals surface area contributed by atoms with Crippen LogP contribution in [0.25, 0.3) is 0 Å². The summed E-state index contributed by atoms with van der Waals surface area (Å²) >= 11 is 4.23. The maximum atomic E-state index is 11.8. The van der Waals surface area contributed by atoms with Crippen LogP contribution in [0.5, 0.6) is 0 Å². The molecular weight excluding hydrogens is 386 g/mol. The first-order chi connectivity index (χ1) is 10.9. The van der Waals surface area contributed by atoms with Crippen molar-refractivity contribution in [2.75, 3.05) is 24.2 Å². The van der Waals surface area contributed by atoms with E-state index in [1.807, 2.05) is 13.0 Å². The molecular formula is C14H14BrN3O4S. The van der Waals surface area contributed by atoms with Gasteiger partial charge < -0.3 is 10.6 Å². The lowest BCUT2D eigenvalue weighted by atomic mass is 10.2. The minimum atomic E-state index is -0.829. The zero-order valence-electron chi connectivity index (χ0n) is 12.2. The molecule has 1 aromatic rings. The highest BCUT2D eigenvalue weighted by molar-refractivity contribution is 9.10. The number of hydrogen-bond acceptors (Lipinski definition) is 5. The monoisotopic (exact) mass is 399 g/mol. The first-order valence-corrected chi connectivity index (χ1v) is 8.49. The van der Waals surface area contributed by atoms with Gasteiger partial charge in [0.15, 0.2) is 0 Å². The quantitative estimate of drug-likeness (QED) is 0.748. The number of imide groups is 1. The molecule has 23 heavy (non-hydrogen) atoms. The third-order valence-electron chi connectivity index (χ3n) is 3.04. The molecule has 122 valence electrons. The Balaban J connectivity index is 1.82. The topological polar surface area (TPSA) is 95.6 Å². The molecule has 1 aliphatic heterocycles. The van der Waals surface area contributed by atoms with Crippen molar-refractivity contribution in [3.63, 3.8) is 0 Å². The molecule has 1 saturated heterocycles. The summed E-state index contributed by atoms with van der Waals surface area (Å²) in [5.74, 6) is -1.82. The lowest BCUT2D eigenvalue weighted by Crippen LogP contribution is -2.41. The highest BCUT2D eigenvalue weighted by atomic mass is 79.9. The Labute approximate surface area is 145 Å². The van der Waals surface area contributed by atoms with E-state index in [0.717, 1.165) is 22.2 Å². The summed E-state index contributed by atoms with van der Waals surface area (Å²) in [6.07, 6.45) is 0. The Kier molecular flexibility index (Phi) is 5.78. The van der Waals surface area contributed by atoms with Gasteiger partial charge in [0, 0.05) is 17.6 Å². The highest BCUT2D eigenvalue weighted by Crippen LogP contribution is 2.23. The highest BCUT2D eigenvalue weighted by Gasteiger charge is 2.29. The van der Waals surface area contributed by atoms with E-state index in [-0.39, 0.29) is 30.0 Å². The van der Waals surface area contributed by atoms with E-state index in [1.165, 1.54) is 0 Å². The summed E-state index contributed by atoms with van der Waals surface area (Å²) < 4.78 is 0.670. The lowest BCUT2D eigenvalue weighted by molar-refractivity contribution is -0.136. The molecule has 1 aliphatic rings. The fourth-order valence-corrected chi connectivity index (χ4v) is 3.20. The number of hydrogen-bond donors (Lipinski definition) is 2. The predicted octanol–water partition coefficient (Wildman–Crippen LogP) is 1.51. The number of anilines is 1. The summed E-state index contributed by atoms with van der Waals surface area (Å²) in [5, 5.41) is 4.53. The summed E-state index contributed by atoms with van der Waals surface area (Å²) in [4.78, 5) is 47.4. The molecule has 2 N–H and O–H groups in total. The van der Waals surface area contributed by atoms with Gasteiger partial charge in [0.2, 0.25) is 5.91 Å². The zero-order valence-corrected chi connectivity index (χ0v) is 14.6. The van der Waals surface area contributed by atoms with E-state index in [9.17, 15) is 19.2 Å². The molecule has 0 radical (unpaired) electrons. The van der Waals surface area contributed by atoms with Gasteiger partial charge >= 0.3 is 11.8 Å². The van der Waals surface area contributed by atoms with Crippen molar-refractivity contribution in [2.45, 2.75) is 6.92 Å². The van der Waals surface area contributed by atoms with Crippen LogP contribution in [0, 0.1) is 6.92 Å². The fourth-order valence-electron chi connectivity index (χ4n) is 1.86. The Morgan fingerprint density at radius 1 is 1.30 bits per heavy atom. The number of carbonyl (C=O) groups excluding carboxylic acids is 4.